The smallest absolute Gasteiger partial charge is 0.336 e. The van der Waals surface area contributed by atoms with Crippen LogP contribution in [0.1, 0.15) is 35.6 Å². The molecule has 2 aromatic carbocycles. The minimum atomic E-state index is -0.963. The number of benzene rings is 2. The van der Waals surface area contributed by atoms with Crippen LogP contribution in [0.15, 0.2) is 36.4 Å². The van der Waals surface area contributed by atoms with E-state index in [1.54, 1.807) is 25.3 Å². The van der Waals surface area contributed by atoms with Gasteiger partial charge in [-0.1, -0.05) is 31.2 Å². The zero-order chi connectivity index (χ0) is 18.4. The van der Waals surface area contributed by atoms with Crippen LogP contribution in [-0.2, 0) is 4.79 Å². The Bertz CT molecular complexity index is 790. The van der Waals surface area contributed by atoms with Gasteiger partial charge in [-0.25, -0.2) is 4.79 Å². The largest absolute Gasteiger partial charge is 0.493 e. The van der Waals surface area contributed by atoms with Gasteiger partial charge in [0.25, 0.3) is 0 Å². The molecule has 0 aliphatic rings. The standard InChI is InChI=1S/C21H24O4/c1-5-10-25-20-13-16(7-9-19(20)24-4)12-18(21(22)23)17-8-6-14(2)15(3)11-17/h6-9,11-13H,5,10H2,1-4H3,(H,22,23)/b18-12-. The van der Waals surface area contributed by atoms with Crippen LogP contribution in [0, 0.1) is 13.8 Å². The summed E-state index contributed by atoms with van der Waals surface area (Å²) in [6, 6.07) is 11.1. The number of carboxylic acid groups (broad SMARTS) is 1. The number of carbonyl (C=O) groups is 1. The molecule has 0 radical (unpaired) electrons. The van der Waals surface area contributed by atoms with E-state index < -0.39 is 5.97 Å². The minimum Gasteiger partial charge on any atom is -0.493 e. The summed E-state index contributed by atoms with van der Waals surface area (Å²) in [5.41, 5.74) is 3.87. The number of aliphatic carboxylic acids is 1. The molecule has 0 unspecified atom stereocenters. The molecule has 0 atom stereocenters. The molecule has 4 heteroatoms. The van der Waals surface area contributed by atoms with Gasteiger partial charge < -0.3 is 14.6 Å². The molecular weight excluding hydrogens is 316 g/mol. The second kappa shape index (κ2) is 8.38. The Balaban J connectivity index is 2.46. The van der Waals surface area contributed by atoms with Crippen molar-refractivity contribution in [1.82, 2.24) is 0 Å². The van der Waals surface area contributed by atoms with Crippen molar-refractivity contribution in [2.45, 2.75) is 27.2 Å². The lowest BCUT2D eigenvalue weighted by Crippen LogP contribution is -2.01. The summed E-state index contributed by atoms with van der Waals surface area (Å²) in [4.78, 5) is 11.8. The molecule has 1 N–H and O–H groups in total. The van der Waals surface area contributed by atoms with Gasteiger partial charge in [0.1, 0.15) is 0 Å². The van der Waals surface area contributed by atoms with E-state index in [0.717, 1.165) is 23.1 Å². The van der Waals surface area contributed by atoms with Gasteiger partial charge in [0, 0.05) is 0 Å². The van der Waals surface area contributed by atoms with Crippen molar-refractivity contribution >= 4 is 17.6 Å². The van der Waals surface area contributed by atoms with Gasteiger partial charge in [0.05, 0.1) is 19.3 Å². The Labute approximate surface area is 148 Å². The SMILES string of the molecule is CCCOc1cc(/C=C(\C(=O)O)c2ccc(C)c(C)c2)ccc1OC. The maximum Gasteiger partial charge on any atom is 0.336 e. The number of hydrogen-bond donors (Lipinski definition) is 1. The van der Waals surface area contributed by atoms with Crippen LogP contribution in [0.5, 0.6) is 11.5 Å². The van der Waals surface area contributed by atoms with Crippen LogP contribution in [0.25, 0.3) is 11.6 Å². The Morgan fingerprint density at radius 3 is 2.44 bits per heavy atom. The lowest BCUT2D eigenvalue weighted by molar-refractivity contribution is -0.130. The van der Waals surface area contributed by atoms with Crippen molar-refractivity contribution in [2.75, 3.05) is 13.7 Å². The first-order valence-corrected chi connectivity index (χ1v) is 8.29. The number of rotatable bonds is 7. The summed E-state index contributed by atoms with van der Waals surface area (Å²) in [6.07, 6.45) is 2.54. The predicted molar refractivity (Wildman–Crippen MR) is 100 cm³/mol. The topological polar surface area (TPSA) is 55.8 Å². The van der Waals surface area contributed by atoms with Crippen molar-refractivity contribution in [3.05, 3.63) is 58.7 Å². The van der Waals surface area contributed by atoms with Gasteiger partial charge in [-0.05, 0) is 60.7 Å². The van der Waals surface area contributed by atoms with Gasteiger partial charge in [0.15, 0.2) is 11.5 Å². The first kappa shape index (κ1) is 18.6. The van der Waals surface area contributed by atoms with Crippen LogP contribution in [-0.4, -0.2) is 24.8 Å². The van der Waals surface area contributed by atoms with Crippen molar-refractivity contribution in [2.24, 2.45) is 0 Å². The molecule has 0 saturated carbocycles. The Morgan fingerprint density at radius 2 is 1.84 bits per heavy atom. The number of hydrogen-bond acceptors (Lipinski definition) is 3. The summed E-state index contributed by atoms with van der Waals surface area (Å²) in [5, 5.41) is 9.64. The van der Waals surface area contributed by atoms with Gasteiger partial charge in [-0.2, -0.15) is 0 Å². The number of ether oxygens (including phenoxy) is 2. The number of aryl methyl sites for hydroxylation is 2. The number of methoxy groups -OCH3 is 1. The van der Waals surface area contributed by atoms with Crippen molar-refractivity contribution in [1.29, 1.82) is 0 Å². The second-order valence-corrected chi connectivity index (χ2v) is 5.92. The molecule has 4 nitrogen and oxygen atoms in total. The molecule has 0 spiro atoms. The monoisotopic (exact) mass is 340 g/mol. The van der Waals surface area contributed by atoms with Crippen molar-refractivity contribution in [3.63, 3.8) is 0 Å². The van der Waals surface area contributed by atoms with E-state index in [1.807, 2.05) is 45.0 Å². The van der Waals surface area contributed by atoms with Gasteiger partial charge in [-0.3, -0.25) is 0 Å². The highest BCUT2D eigenvalue weighted by atomic mass is 16.5. The number of carboxylic acids is 1. The maximum atomic E-state index is 11.8. The molecule has 2 aromatic rings. The molecule has 0 aromatic heterocycles. The second-order valence-electron chi connectivity index (χ2n) is 5.92. The molecule has 25 heavy (non-hydrogen) atoms. The molecule has 0 heterocycles. The summed E-state index contributed by atoms with van der Waals surface area (Å²) in [7, 11) is 1.58. The summed E-state index contributed by atoms with van der Waals surface area (Å²) in [5.74, 6) is 0.284. The van der Waals surface area contributed by atoms with Crippen LogP contribution in [0.4, 0.5) is 0 Å². The molecular formula is C21H24O4. The highest BCUT2D eigenvalue weighted by Gasteiger charge is 2.12. The van der Waals surface area contributed by atoms with Crippen molar-refractivity contribution in [3.8, 4) is 11.5 Å². The molecule has 0 saturated heterocycles. The molecule has 0 aliphatic heterocycles. The highest BCUT2D eigenvalue weighted by Crippen LogP contribution is 2.30. The van der Waals surface area contributed by atoms with Gasteiger partial charge in [0.2, 0.25) is 0 Å². The van der Waals surface area contributed by atoms with Crippen LogP contribution in [0.2, 0.25) is 0 Å². The first-order chi connectivity index (χ1) is 12.0. The molecule has 0 bridgehead atoms. The van der Waals surface area contributed by atoms with E-state index in [4.69, 9.17) is 9.47 Å². The predicted octanol–water partition coefficient (Wildman–Crippen LogP) is 4.73. The van der Waals surface area contributed by atoms with E-state index in [-0.39, 0.29) is 5.57 Å². The van der Waals surface area contributed by atoms with E-state index >= 15 is 0 Å². The fourth-order valence-electron chi connectivity index (χ4n) is 2.45. The zero-order valence-corrected chi connectivity index (χ0v) is 15.1. The van der Waals surface area contributed by atoms with Gasteiger partial charge >= 0.3 is 5.97 Å². The quantitative estimate of drug-likeness (QED) is 0.585. The van der Waals surface area contributed by atoms with Gasteiger partial charge in [-0.15, -0.1) is 0 Å². The molecule has 0 fully saturated rings. The third kappa shape index (κ3) is 4.63. The van der Waals surface area contributed by atoms with E-state index in [2.05, 4.69) is 0 Å². The normalized spacial score (nSPS) is 11.3. The summed E-state index contributed by atoms with van der Waals surface area (Å²) < 4.78 is 11.0. The third-order valence-corrected chi connectivity index (χ3v) is 4.01. The average molecular weight is 340 g/mol. The Hall–Kier alpha value is -2.75. The third-order valence-electron chi connectivity index (χ3n) is 4.01. The maximum absolute atomic E-state index is 11.8. The molecule has 132 valence electrons. The average Bonchev–Trinajstić information content (AvgIpc) is 2.60. The molecule has 0 aliphatic carbocycles. The lowest BCUT2D eigenvalue weighted by atomic mass is 9.98. The fourth-order valence-corrected chi connectivity index (χ4v) is 2.45. The van der Waals surface area contributed by atoms with Crippen LogP contribution in [0.3, 0.4) is 0 Å². The van der Waals surface area contributed by atoms with E-state index in [0.29, 0.717) is 23.7 Å². The highest BCUT2D eigenvalue weighted by molar-refractivity contribution is 6.20. The Kier molecular flexibility index (Phi) is 6.23. The van der Waals surface area contributed by atoms with Crippen LogP contribution < -0.4 is 9.47 Å². The summed E-state index contributed by atoms with van der Waals surface area (Å²) >= 11 is 0. The zero-order valence-electron chi connectivity index (χ0n) is 15.1. The minimum absolute atomic E-state index is 0.245. The Morgan fingerprint density at radius 1 is 1.08 bits per heavy atom. The van der Waals surface area contributed by atoms with Crippen molar-refractivity contribution < 1.29 is 19.4 Å². The molecule has 2 rings (SSSR count). The van der Waals surface area contributed by atoms with E-state index in [9.17, 15) is 9.90 Å². The fraction of sp³-hybridized carbons (Fsp3) is 0.286. The van der Waals surface area contributed by atoms with Crippen LogP contribution >= 0.6 is 0 Å². The lowest BCUT2D eigenvalue weighted by Gasteiger charge is -2.11. The first-order valence-electron chi connectivity index (χ1n) is 8.29. The van der Waals surface area contributed by atoms with E-state index in [1.165, 1.54) is 0 Å². The summed E-state index contributed by atoms with van der Waals surface area (Å²) in [6.45, 7) is 6.58. The molecule has 0 amide bonds.